The highest BCUT2D eigenvalue weighted by Crippen LogP contribution is 2.33. The molecule has 7 nitrogen and oxygen atoms in total. The Morgan fingerprint density at radius 1 is 1.36 bits per heavy atom. The average Bonchev–Trinajstić information content (AvgIpc) is 3.13. The third-order valence-electron chi connectivity index (χ3n) is 4.76. The molecule has 0 N–H and O–H groups in total. The molecule has 0 unspecified atom stereocenters. The van der Waals surface area contributed by atoms with Crippen molar-refractivity contribution in [2.75, 3.05) is 25.1 Å². The summed E-state index contributed by atoms with van der Waals surface area (Å²) in [4.78, 5) is 39.8. The highest BCUT2D eigenvalue weighted by molar-refractivity contribution is 8.18. The summed E-state index contributed by atoms with van der Waals surface area (Å²) in [7, 11) is -1.54. The number of benzene rings is 1. The Balaban J connectivity index is 1.62. The van der Waals surface area contributed by atoms with E-state index in [-0.39, 0.29) is 41.3 Å². The molecular weight excluding hydrogens is 424 g/mol. The summed E-state index contributed by atoms with van der Waals surface area (Å²) in [6, 6.07) is 6.62. The lowest BCUT2D eigenvalue weighted by Gasteiger charge is -2.24. The maximum atomic E-state index is 12.5. The number of halogens is 1. The molecule has 1 aromatic carbocycles. The molecule has 10 heteroatoms. The van der Waals surface area contributed by atoms with Crippen molar-refractivity contribution >= 4 is 56.3 Å². The van der Waals surface area contributed by atoms with Gasteiger partial charge in [-0.25, -0.2) is 8.42 Å². The van der Waals surface area contributed by atoms with Gasteiger partial charge in [0.15, 0.2) is 9.84 Å². The molecule has 0 aromatic heterocycles. The number of hydrogen-bond acceptors (Lipinski definition) is 6. The maximum absolute atomic E-state index is 12.5. The molecule has 2 fully saturated rings. The smallest absolute Gasteiger partial charge is 0.293 e. The Bertz CT molecular complexity index is 960. The van der Waals surface area contributed by atoms with E-state index in [1.807, 2.05) is 0 Å². The van der Waals surface area contributed by atoms with E-state index in [4.69, 9.17) is 11.6 Å². The molecule has 0 spiro atoms. The van der Waals surface area contributed by atoms with Crippen molar-refractivity contribution < 1.29 is 22.8 Å². The Morgan fingerprint density at radius 2 is 2.07 bits per heavy atom. The van der Waals surface area contributed by atoms with Crippen molar-refractivity contribution in [3.63, 3.8) is 0 Å². The topological polar surface area (TPSA) is 91.8 Å². The maximum Gasteiger partial charge on any atom is 0.293 e. The van der Waals surface area contributed by atoms with Crippen LogP contribution in [0.3, 0.4) is 0 Å². The van der Waals surface area contributed by atoms with Crippen LogP contribution in [0.1, 0.15) is 18.4 Å². The predicted octanol–water partition coefficient (Wildman–Crippen LogP) is 2.41. The fourth-order valence-electron chi connectivity index (χ4n) is 3.09. The summed E-state index contributed by atoms with van der Waals surface area (Å²) in [6.07, 6.45) is 1.92. The van der Waals surface area contributed by atoms with Crippen molar-refractivity contribution in [1.82, 2.24) is 9.80 Å². The Labute approximate surface area is 172 Å². The minimum Gasteiger partial charge on any atom is -0.342 e. The first-order valence-corrected chi connectivity index (χ1v) is 11.7. The van der Waals surface area contributed by atoms with E-state index in [0.717, 1.165) is 16.7 Å². The summed E-state index contributed by atoms with van der Waals surface area (Å²) in [6.45, 7) is -0.0484. The molecule has 2 aliphatic heterocycles. The van der Waals surface area contributed by atoms with E-state index in [1.54, 1.807) is 37.4 Å². The summed E-state index contributed by atoms with van der Waals surface area (Å²) in [5.41, 5.74) is 0.632. The molecule has 3 rings (SSSR count). The van der Waals surface area contributed by atoms with Crippen LogP contribution < -0.4 is 0 Å². The molecule has 28 heavy (non-hydrogen) atoms. The van der Waals surface area contributed by atoms with E-state index in [9.17, 15) is 22.8 Å². The molecule has 0 aliphatic carbocycles. The van der Waals surface area contributed by atoms with Gasteiger partial charge in [-0.15, -0.1) is 0 Å². The van der Waals surface area contributed by atoms with Crippen LogP contribution in [-0.2, 0) is 19.4 Å². The SMILES string of the molecule is CN(C(=O)CCN1C(=O)S/C(=C/c2ccccc2Cl)C1=O)[C@@H]1CCS(=O)(=O)C1. The summed E-state index contributed by atoms with van der Waals surface area (Å²) in [5, 5.41) is 0.0276. The van der Waals surface area contributed by atoms with Crippen molar-refractivity contribution in [2.24, 2.45) is 0 Å². The molecule has 0 saturated carbocycles. The number of sulfone groups is 1. The number of hydrogen-bond donors (Lipinski definition) is 0. The van der Waals surface area contributed by atoms with E-state index < -0.39 is 21.0 Å². The van der Waals surface area contributed by atoms with Crippen LogP contribution in [0.15, 0.2) is 29.2 Å². The molecule has 3 amide bonds. The summed E-state index contributed by atoms with van der Waals surface area (Å²) in [5.74, 6) is -0.729. The quantitative estimate of drug-likeness (QED) is 0.650. The third-order valence-corrected chi connectivity index (χ3v) is 7.77. The zero-order valence-corrected chi connectivity index (χ0v) is 17.5. The molecular formula is C18H19ClN2O5S2. The van der Waals surface area contributed by atoms with Crippen LogP contribution in [0.2, 0.25) is 5.02 Å². The van der Waals surface area contributed by atoms with Crippen molar-refractivity contribution in [3.05, 3.63) is 39.8 Å². The molecule has 2 heterocycles. The molecule has 1 aromatic rings. The molecule has 2 aliphatic rings. The molecule has 0 radical (unpaired) electrons. The number of imide groups is 1. The summed E-state index contributed by atoms with van der Waals surface area (Å²) < 4.78 is 23.2. The predicted molar refractivity (Wildman–Crippen MR) is 109 cm³/mol. The number of carbonyl (C=O) groups is 3. The largest absolute Gasteiger partial charge is 0.342 e. The number of rotatable bonds is 5. The first-order valence-electron chi connectivity index (χ1n) is 8.64. The fraction of sp³-hybridized carbons (Fsp3) is 0.389. The highest BCUT2D eigenvalue weighted by atomic mass is 35.5. The zero-order valence-electron chi connectivity index (χ0n) is 15.1. The lowest BCUT2D eigenvalue weighted by molar-refractivity contribution is -0.132. The van der Waals surface area contributed by atoms with Gasteiger partial charge in [0, 0.05) is 31.1 Å². The van der Waals surface area contributed by atoms with Gasteiger partial charge in [-0.3, -0.25) is 19.3 Å². The number of amides is 3. The Morgan fingerprint density at radius 3 is 2.71 bits per heavy atom. The number of thioether (sulfide) groups is 1. The van der Waals surface area contributed by atoms with Crippen LogP contribution in [0.5, 0.6) is 0 Å². The second-order valence-electron chi connectivity index (χ2n) is 6.67. The van der Waals surface area contributed by atoms with E-state index >= 15 is 0 Å². The van der Waals surface area contributed by atoms with Gasteiger partial charge in [-0.2, -0.15) is 0 Å². The standard InChI is InChI=1S/C18H19ClN2O5S2/c1-20(13-7-9-28(25,26)11-13)16(22)6-8-21-17(23)15(27-18(21)24)10-12-4-2-3-5-14(12)19/h2-5,10,13H,6-9,11H2,1H3/b15-10+/t13-/m1/s1. The van der Waals surface area contributed by atoms with E-state index in [0.29, 0.717) is 17.0 Å². The lowest BCUT2D eigenvalue weighted by Crippen LogP contribution is -2.40. The van der Waals surface area contributed by atoms with Crippen LogP contribution >= 0.6 is 23.4 Å². The van der Waals surface area contributed by atoms with Crippen molar-refractivity contribution in [1.29, 1.82) is 0 Å². The molecule has 2 saturated heterocycles. The molecule has 1 atom stereocenters. The average molecular weight is 443 g/mol. The van der Waals surface area contributed by atoms with Gasteiger partial charge in [0.1, 0.15) is 0 Å². The van der Waals surface area contributed by atoms with Gasteiger partial charge in [0.25, 0.3) is 11.1 Å². The Hall–Kier alpha value is -1.84. The van der Waals surface area contributed by atoms with Gasteiger partial charge in [-0.1, -0.05) is 29.8 Å². The second kappa shape index (κ2) is 8.26. The second-order valence-corrected chi connectivity index (χ2v) is 10.3. The van der Waals surface area contributed by atoms with Gasteiger partial charge in [0.05, 0.1) is 16.4 Å². The first kappa shape index (κ1) is 20.9. The lowest BCUT2D eigenvalue weighted by atomic mass is 10.2. The minimum absolute atomic E-state index is 0.0443. The van der Waals surface area contributed by atoms with Crippen LogP contribution in [0.4, 0.5) is 4.79 Å². The summed E-state index contributed by atoms with van der Waals surface area (Å²) >= 11 is 6.89. The van der Waals surface area contributed by atoms with E-state index in [1.165, 1.54) is 4.90 Å². The third kappa shape index (κ3) is 4.59. The van der Waals surface area contributed by atoms with Crippen molar-refractivity contribution in [3.8, 4) is 0 Å². The van der Waals surface area contributed by atoms with E-state index in [2.05, 4.69) is 0 Å². The normalized spacial score (nSPS) is 22.9. The minimum atomic E-state index is -3.10. The van der Waals surface area contributed by atoms with Crippen LogP contribution in [0, 0.1) is 0 Å². The van der Waals surface area contributed by atoms with Crippen LogP contribution in [0.25, 0.3) is 6.08 Å². The van der Waals surface area contributed by atoms with Gasteiger partial charge >= 0.3 is 0 Å². The van der Waals surface area contributed by atoms with Gasteiger partial charge in [-0.05, 0) is 35.9 Å². The Kier molecular flexibility index (Phi) is 6.16. The molecule has 0 bridgehead atoms. The first-order chi connectivity index (χ1) is 13.2. The monoisotopic (exact) mass is 442 g/mol. The fourth-order valence-corrected chi connectivity index (χ4v) is 5.92. The number of nitrogens with zero attached hydrogens (tertiary/aromatic N) is 2. The van der Waals surface area contributed by atoms with Crippen molar-refractivity contribution in [2.45, 2.75) is 18.9 Å². The zero-order chi connectivity index (χ0) is 20.5. The van der Waals surface area contributed by atoms with Gasteiger partial charge in [0.2, 0.25) is 5.91 Å². The van der Waals surface area contributed by atoms with Crippen LogP contribution in [-0.4, -0.2) is 66.4 Å². The highest BCUT2D eigenvalue weighted by Gasteiger charge is 2.36. The number of carbonyl (C=O) groups excluding carboxylic acids is 3. The molecule has 150 valence electrons. The van der Waals surface area contributed by atoms with Gasteiger partial charge < -0.3 is 4.90 Å².